The van der Waals surface area contributed by atoms with Gasteiger partial charge in [0.1, 0.15) is 0 Å². The summed E-state index contributed by atoms with van der Waals surface area (Å²) in [4.78, 5) is 14.9. The van der Waals surface area contributed by atoms with E-state index >= 15 is 0 Å². The van der Waals surface area contributed by atoms with Crippen molar-refractivity contribution in [2.45, 2.75) is 0 Å². The van der Waals surface area contributed by atoms with Crippen LogP contribution in [0.4, 0.5) is 0 Å². The van der Waals surface area contributed by atoms with Gasteiger partial charge in [-0.05, 0) is 46.5 Å². The molecule has 0 spiro atoms. The maximum Gasteiger partial charge on any atom is 0.164 e. The molecule has 7 aromatic carbocycles. The molecular formula is C45H30N4. The fourth-order valence-corrected chi connectivity index (χ4v) is 6.63. The van der Waals surface area contributed by atoms with Crippen LogP contribution in [0.15, 0.2) is 182 Å². The van der Waals surface area contributed by atoms with Gasteiger partial charge in [0, 0.05) is 33.2 Å². The van der Waals surface area contributed by atoms with E-state index in [0.29, 0.717) is 17.5 Å². The van der Waals surface area contributed by atoms with Gasteiger partial charge in [-0.15, -0.1) is 0 Å². The number of hydrogen-bond donors (Lipinski definition) is 0. The SMILES string of the molecule is c1ccc(-c2ccc(-c3nc(-c4ccccc4)nc(-c4ccc(-c5cccc(-n6c7ccccc7c7ccccc76)c5)cc4)n3)cc2)cc1. The highest BCUT2D eigenvalue weighted by atomic mass is 15.0. The van der Waals surface area contributed by atoms with Gasteiger partial charge in [0.05, 0.1) is 11.0 Å². The molecule has 0 saturated carbocycles. The predicted molar refractivity (Wildman–Crippen MR) is 201 cm³/mol. The third-order valence-corrected chi connectivity index (χ3v) is 9.08. The zero-order chi connectivity index (χ0) is 32.6. The molecule has 0 radical (unpaired) electrons. The topological polar surface area (TPSA) is 43.6 Å². The Balaban J connectivity index is 1.09. The van der Waals surface area contributed by atoms with Crippen LogP contribution in [0, 0.1) is 0 Å². The summed E-state index contributed by atoms with van der Waals surface area (Å²) in [5.41, 5.74) is 11.0. The molecule has 0 N–H and O–H groups in total. The average Bonchev–Trinajstić information content (AvgIpc) is 3.53. The van der Waals surface area contributed by atoms with Crippen LogP contribution < -0.4 is 0 Å². The van der Waals surface area contributed by atoms with Crippen molar-refractivity contribution in [3.63, 3.8) is 0 Å². The van der Waals surface area contributed by atoms with Crippen molar-refractivity contribution in [3.05, 3.63) is 182 Å². The Morgan fingerprint density at radius 3 is 1.18 bits per heavy atom. The fraction of sp³-hybridized carbons (Fsp3) is 0. The Labute approximate surface area is 284 Å². The Bertz CT molecular complexity index is 2520. The minimum atomic E-state index is 0.640. The highest BCUT2D eigenvalue weighted by Gasteiger charge is 2.14. The molecule has 0 atom stereocenters. The van der Waals surface area contributed by atoms with Crippen molar-refractivity contribution >= 4 is 21.8 Å². The normalized spacial score (nSPS) is 11.3. The number of rotatable bonds is 6. The minimum absolute atomic E-state index is 0.640. The molecule has 230 valence electrons. The van der Waals surface area contributed by atoms with E-state index in [1.165, 1.54) is 27.4 Å². The van der Waals surface area contributed by atoms with Crippen LogP contribution in [0.2, 0.25) is 0 Å². The molecule has 2 heterocycles. The van der Waals surface area contributed by atoms with Gasteiger partial charge < -0.3 is 4.57 Å². The molecule has 0 fully saturated rings. The number of nitrogens with zero attached hydrogens (tertiary/aromatic N) is 4. The van der Waals surface area contributed by atoms with Crippen molar-refractivity contribution in [2.75, 3.05) is 0 Å². The highest BCUT2D eigenvalue weighted by molar-refractivity contribution is 6.09. The Morgan fingerprint density at radius 2 is 0.653 bits per heavy atom. The van der Waals surface area contributed by atoms with Gasteiger partial charge in [-0.3, -0.25) is 0 Å². The second kappa shape index (κ2) is 12.2. The summed E-state index contributed by atoms with van der Waals surface area (Å²) in [5.74, 6) is 1.93. The van der Waals surface area contributed by atoms with Gasteiger partial charge in [0.2, 0.25) is 0 Å². The lowest BCUT2D eigenvalue weighted by molar-refractivity contribution is 1.07. The molecule has 49 heavy (non-hydrogen) atoms. The monoisotopic (exact) mass is 626 g/mol. The van der Waals surface area contributed by atoms with Crippen LogP contribution in [-0.2, 0) is 0 Å². The summed E-state index contributed by atoms with van der Waals surface area (Å²) in [7, 11) is 0. The zero-order valence-electron chi connectivity index (χ0n) is 26.6. The summed E-state index contributed by atoms with van der Waals surface area (Å²) >= 11 is 0. The molecule has 0 aliphatic rings. The number of fused-ring (bicyclic) bond motifs is 3. The Kier molecular flexibility index (Phi) is 7.10. The largest absolute Gasteiger partial charge is 0.309 e. The molecule has 0 aliphatic heterocycles. The van der Waals surface area contributed by atoms with E-state index in [1.54, 1.807) is 0 Å². The van der Waals surface area contributed by atoms with Gasteiger partial charge >= 0.3 is 0 Å². The van der Waals surface area contributed by atoms with Gasteiger partial charge in [-0.25, -0.2) is 15.0 Å². The number of aromatic nitrogens is 4. The van der Waals surface area contributed by atoms with E-state index in [-0.39, 0.29) is 0 Å². The van der Waals surface area contributed by atoms with Gasteiger partial charge in [0.25, 0.3) is 0 Å². The summed E-state index contributed by atoms with van der Waals surface area (Å²) in [6.07, 6.45) is 0. The van der Waals surface area contributed by atoms with Crippen LogP contribution in [0.5, 0.6) is 0 Å². The van der Waals surface area contributed by atoms with Crippen LogP contribution in [0.25, 0.3) is 83.9 Å². The smallest absolute Gasteiger partial charge is 0.164 e. The summed E-state index contributed by atoms with van der Waals surface area (Å²) in [6.45, 7) is 0. The molecule has 9 rings (SSSR count). The van der Waals surface area contributed by atoms with E-state index < -0.39 is 0 Å². The lowest BCUT2D eigenvalue weighted by Gasteiger charge is -2.11. The first-order chi connectivity index (χ1) is 24.3. The lowest BCUT2D eigenvalue weighted by Crippen LogP contribution is -2.00. The number of hydrogen-bond acceptors (Lipinski definition) is 3. The summed E-state index contributed by atoms with van der Waals surface area (Å²) in [5, 5.41) is 2.51. The average molecular weight is 627 g/mol. The number of para-hydroxylation sites is 2. The molecule has 0 saturated heterocycles. The first kappa shape index (κ1) is 28.6. The van der Waals surface area contributed by atoms with Gasteiger partial charge in [-0.2, -0.15) is 0 Å². The second-order valence-corrected chi connectivity index (χ2v) is 12.1. The van der Waals surface area contributed by atoms with Crippen LogP contribution in [-0.4, -0.2) is 19.5 Å². The lowest BCUT2D eigenvalue weighted by atomic mass is 10.0. The fourth-order valence-electron chi connectivity index (χ4n) is 6.63. The first-order valence-electron chi connectivity index (χ1n) is 16.5. The van der Waals surface area contributed by atoms with E-state index in [1.807, 2.05) is 36.4 Å². The van der Waals surface area contributed by atoms with Crippen molar-refractivity contribution in [3.8, 4) is 62.1 Å². The summed E-state index contributed by atoms with van der Waals surface area (Å²) in [6, 6.07) is 63.4. The van der Waals surface area contributed by atoms with E-state index in [2.05, 4.69) is 150 Å². The molecule has 0 aliphatic carbocycles. The van der Waals surface area contributed by atoms with Crippen molar-refractivity contribution in [1.82, 2.24) is 19.5 Å². The second-order valence-electron chi connectivity index (χ2n) is 12.1. The predicted octanol–water partition coefficient (Wildman–Crippen LogP) is 11.3. The van der Waals surface area contributed by atoms with Crippen molar-refractivity contribution < 1.29 is 0 Å². The molecule has 0 amide bonds. The molecule has 0 unspecified atom stereocenters. The van der Waals surface area contributed by atoms with E-state index in [0.717, 1.165) is 39.1 Å². The maximum absolute atomic E-state index is 4.98. The quantitative estimate of drug-likeness (QED) is 0.184. The Morgan fingerprint density at radius 1 is 0.286 bits per heavy atom. The Hall–Kier alpha value is -6.65. The van der Waals surface area contributed by atoms with E-state index in [9.17, 15) is 0 Å². The molecule has 4 heteroatoms. The third kappa shape index (κ3) is 5.35. The first-order valence-corrected chi connectivity index (χ1v) is 16.5. The molecule has 9 aromatic rings. The molecule has 0 bridgehead atoms. The van der Waals surface area contributed by atoms with Crippen LogP contribution in [0.1, 0.15) is 0 Å². The minimum Gasteiger partial charge on any atom is -0.309 e. The number of benzene rings is 7. The van der Waals surface area contributed by atoms with Crippen LogP contribution in [0.3, 0.4) is 0 Å². The highest BCUT2D eigenvalue weighted by Crippen LogP contribution is 2.34. The molecule has 2 aromatic heterocycles. The van der Waals surface area contributed by atoms with E-state index in [4.69, 9.17) is 15.0 Å². The molecular weight excluding hydrogens is 597 g/mol. The summed E-state index contributed by atoms with van der Waals surface area (Å²) < 4.78 is 2.35. The van der Waals surface area contributed by atoms with Crippen LogP contribution >= 0.6 is 0 Å². The zero-order valence-corrected chi connectivity index (χ0v) is 26.6. The maximum atomic E-state index is 4.98. The van der Waals surface area contributed by atoms with Crippen molar-refractivity contribution in [1.29, 1.82) is 0 Å². The molecule has 4 nitrogen and oxygen atoms in total. The third-order valence-electron chi connectivity index (χ3n) is 9.08. The standard InChI is InChI=1S/C45H30N4/c1-3-12-31(13-4-1)32-22-26-35(27-23-32)44-46-43(34-14-5-2-6-15-34)47-45(48-44)36-28-24-33(25-29-36)37-16-11-17-38(30-37)49-41-20-9-7-18-39(41)40-19-8-10-21-42(40)49/h1-30H. The van der Waals surface area contributed by atoms with Gasteiger partial charge in [-0.1, -0.05) is 158 Å². The van der Waals surface area contributed by atoms with Gasteiger partial charge in [0.15, 0.2) is 17.5 Å². The van der Waals surface area contributed by atoms with Crippen molar-refractivity contribution in [2.24, 2.45) is 0 Å².